The Hall–Kier alpha value is -2.41. The van der Waals surface area contributed by atoms with Crippen LogP contribution in [0.4, 0.5) is 13.2 Å². The summed E-state index contributed by atoms with van der Waals surface area (Å²) in [6.45, 7) is 1.35. The zero-order valence-corrected chi connectivity index (χ0v) is 10.6. The third-order valence-corrected chi connectivity index (χ3v) is 3.11. The minimum absolute atomic E-state index is 0.0704. The molecule has 0 amide bonds. The normalized spacial score (nSPS) is 16.7. The van der Waals surface area contributed by atoms with Crippen molar-refractivity contribution in [3.63, 3.8) is 0 Å². The fourth-order valence-corrected chi connectivity index (χ4v) is 2.06. The first-order valence-electron chi connectivity index (χ1n) is 6.02. The Labute approximate surface area is 116 Å². The standard InChI is InChI=1S/C11H9F3N6O/c12-11(13,14)10-18-17-9(21-10)6-19-4-8(5-19)20-3-7(1-15)2-16-20/h2-3,8H,4-6H2. The zero-order chi connectivity index (χ0) is 15.0. The molecule has 1 fully saturated rings. The van der Waals surface area contributed by atoms with Gasteiger partial charge in [0.05, 0.1) is 24.3 Å². The van der Waals surface area contributed by atoms with Crippen LogP contribution in [0.1, 0.15) is 23.4 Å². The Bertz CT molecular complexity index is 679. The molecule has 0 unspecified atom stereocenters. The van der Waals surface area contributed by atoms with E-state index in [0.717, 1.165) is 0 Å². The van der Waals surface area contributed by atoms with Gasteiger partial charge in [-0.05, 0) is 0 Å². The van der Waals surface area contributed by atoms with Crippen molar-refractivity contribution in [2.45, 2.75) is 18.8 Å². The topological polar surface area (TPSA) is 83.8 Å². The molecule has 0 radical (unpaired) electrons. The summed E-state index contributed by atoms with van der Waals surface area (Å²) in [5, 5.41) is 19.1. The highest BCUT2D eigenvalue weighted by Crippen LogP contribution is 2.29. The second kappa shape index (κ2) is 4.85. The van der Waals surface area contributed by atoms with Gasteiger partial charge < -0.3 is 4.42 Å². The van der Waals surface area contributed by atoms with E-state index in [2.05, 4.69) is 19.7 Å². The van der Waals surface area contributed by atoms with Crippen molar-refractivity contribution in [2.24, 2.45) is 0 Å². The van der Waals surface area contributed by atoms with Gasteiger partial charge in [0.15, 0.2) is 0 Å². The first kappa shape index (κ1) is 13.6. The van der Waals surface area contributed by atoms with Crippen LogP contribution in [0.2, 0.25) is 0 Å². The monoisotopic (exact) mass is 298 g/mol. The molecule has 0 aromatic carbocycles. The van der Waals surface area contributed by atoms with E-state index in [1.807, 2.05) is 11.0 Å². The summed E-state index contributed by atoms with van der Waals surface area (Å²) in [5.74, 6) is -1.40. The minimum Gasteiger partial charge on any atom is -0.416 e. The van der Waals surface area contributed by atoms with Crippen molar-refractivity contribution < 1.29 is 17.6 Å². The molecule has 1 saturated heterocycles. The quantitative estimate of drug-likeness (QED) is 0.847. The smallest absolute Gasteiger partial charge is 0.416 e. The molecule has 3 rings (SSSR count). The lowest BCUT2D eigenvalue weighted by Crippen LogP contribution is -2.47. The molecule has 3 heterocycles. The van der Waals surface area contributed by atoms with E-state index < -0.39 is 12.1 Å². The molecule has 0 bridgehead atoms. The largest absolute Gasteiger partial charge is 0.470 e. The lowest BCUT2D eigenvalue weighted by Gasteiger charge is -2.38. The number of hydrogen-bond acceptors (Lipinski definition) is 6. The van der Waals surface area contributed by atoms with Crippen LogP contribution in [0, 0.1) is 11.3 Å². The van der Waals surface area contributed by atoms with Crippen LogP contribution >= 0.6 is 0 Å². The molecule has 0 saturated carbocycles. The van der Waals surface area contributed by atoms with Gasteiger partial charge in [-0.25, -0.2) is 0 Å². The minimum atomic E-state index is -4.62. The second-order valence-corrected chi connectivity index (χ2v) is 4.67. The van der Waals surface area contributed by atoms with Crippen molar-refractivity contribution in [3.05, 3.63) is 29.7 Å². The highest BCUT2D eigenvalue weighted by atomic mass is 19.4. The van der Waals surface area contributed by atoms with E-state index in [0.29, 0.717) is 18.7 Å². The van der Waals surface area contributed by atoms with E-state index >= 15 is 0 Å². The number of nitriles is 1. The zero-order valence-electron chi connectivity index (χ0n) is 10.6. The Morgan fingerprint density at radius 3 is 2.71 bits per heavy atom. The fourth-order valence-electron chi connectivity index (χ4n) is 2.06. The summed E-state index contributed by atoms with van der Waals surface area (Å²) >= 11 is 0. The lowest BCUT2D eigenvalue weighted by atomic mass is 10.1. The Morgan fingerprint density at radius 1 is 1.38 bits per heavy atom. The molecule has 0 spiro atoms. The number of hydrogen-bond donors (Lipinski definition) is 0. The number of alkyl halides is 3. The highest BCUT2D eigenvalue weighted by Gasteiger charge is 2.38. The molecular formula is C11H9F3N6O. The second-order valence-electron chi connectivity index (χ2n) is 4.67. The van der Waals surface area contributed by atoms with Crippen molar-refractivity contribution in [1.29, 1.82) is 5.26 Å². The van der Waals surface area contributed by atoms with Gasteiger partial charge >= 0.3 is 12.1 Å². The molecule has 110 valence electrons. The molecule has 2 aromatic rings. The Morgan fingerprint density at radius 2 is 2.14 bits per heavy atom. The van der Waals surface area contributed by atoms with Crippen LogP contribution in [0.15, 0.2) is 16.8 Å². The highest BCUT2D eigenvalue weighted by molar-refractivity contribution is 5.22. The van der Waals surface area contributed by atoms with Crippen molar-refractivity contribution >= 4 is 0 Å². The molecule has 2 aromatic heterocycles. The average Bonchev–Trinajstić information content (AvgIpc) is 3.01. The van der Waals surface area contributed by atoms with Crippen molar-refractivity contribution in [1.82, 2.24) is 24.9 Å². The summed E-state index contributed by atoms with van der Waals surface area (Å²) < 4.78 is 43.2. The van der Waals surface area contributed by atoms with Crippen LogP contribution in [-0.4, -0.2) is 38.0 Å². The van der Waals surface area contributed by atoms with Crippen LogP contribution in [0.3, 0.4) is 0 Å². The van der Waals surface area contributed by atoms with Crippen LogP contribution in [0.5, 0.6) is 0 Å². The maximum Gasteiger partial charge on any atom is 0.470 e. The van der Waals surface area contributed by atoms with Gasteiger partial charge in [0.25, 0.3) is 0 Å². The van der Waals surface area contributed by atoms with Gasteiger partial charge in [0.2, 0.25) is 5.89 Å². The van der Waals surface area contributed by atoms with Gasteiger partial charge in [-0.15, -0.1) is 10.2 Å². The first-order chi connectivity index (χ1) is 9.95. The fraction of sp³-hybridized carbons (Fsp3) is 0.455. The maximum atomic E-state index is 12.3. The summed E-state index contributed by atoms with van der Waals surface area (Å²) in [4.78, 5) is 1.85. The molecule has 0 aliphatic carbocycles. The molecule has 1 aliphatic rings. The first-order valence-corrected chi connectivity index (χ1v) is 6.02. The third-order valence-electron chi connectivity index (χ3n) is 3.11. The summed E-state index contributed by atoms with van der Waals surface area (Å²) in [7, 11) is 0. The van der Waals surface area contributed by atoms with Crippen LogP contribution in [0.25, 0.3) is 0 Å². The van der Waals surface area contributed by atoms with E-state index in [9.17, 15) is 13.2 Å². The van der Waals surface area contributed by atoms with E-state index in [4.69, 9.17) is 5.26 Å². The Balaban J connectivity index is 1.55. The summed E-state index contributed by atoms with van der Waals surface area (Å²) in [6.07, 6.45) is -1.52. The van der Waals surface area contributed by atoms with Crippen molar-refractivity contribution in [2.75, 3.05) is 13.1 Å². The van der Waals surface area contributed by atoms with Crippen molar-refractivity contribution in [3.8, 4) is 6.07 Å². The van der Waals surface area contributed by atoms with Gasteiger partial charge in [0, 0.05) is 19.3 Å². The van der Waals surface area contributed by atoms with Gasteiger partial charge in [-0.3, -0.25) is 9.58 Å². The van der Waals surface area contributed by atoms with E-state index in [1.165, 1.54) is 6.20 Å². The molecule has 1 aliphatic heterocycles. The number of rotatable bonds is 3. The van der Waals surface area contributed by atoms with Gasteiger partial charge in [0.1, 0.15) is 6.07 Å². The van der Waals surface area contributed by atoms with Gasteiger partial charge in [-0.1, -0.05) is 0 Å². The molecular weight excluding hydrogens is 289 g/mol. The average molecular weight is 298 g/mol. The number of likely N-dealkylation sites (tertiary alicyclic amines) is 1. The van der Waals surface area contributed by atoms with E-state index in [-0.39, 0.29) is 18.5 Å². The maximum absolute atomic E-state index is 12.3. The lowest BCUT2D eigenvalue weighted by molar-refractivity contribution is -0.157. The molecule has 0 atom stereocenters. The summed E-state index contributed by atoms with van der Waals surface area (Å²) in [5.41, 5.74) is 0.472. The molecule has 0 N–H and O–H groups in total. The predicted octanol–water partition coefficient (Wildman–Crippen LogP) is 1.21. The molecule has 21 heavy (non-hydrogen) atoms. The molecule has 7 nitrogen and oxygen atoms in total. The predicted molar refractivity (Wildman–Crippen MR) is 60.6 cm³/mol. The number of aromatic nitrogens is 4. The number of nitrogens with zero attached hydrogens (tertiary/aromatic N) is 6. The van der Waals surface area contributed by atoms with Gasteiger partial charge in [-0.2, -0.15) is 23.5 Å². The number of halogens is 3. The molecule has 10 heteroatoms. The SMILES string of the molecule is N#Cc1cnn(C2CN(Cc3nnc(C(F)(F)F)o3)C2)c1. The van der Waals surface area contributed by atoms with E-state index in [1.54, 1.807) is 10.9 Å². The third kappa shape index (κ3) is 2.73. The summed E-state index contributed by atoms with van der Waals surface area (Å²) in [6, 6.07) is 2.08. The Kier molecular flexibility index (Phi) is 3.13. The van der Waals surface area contributed by atoms with Crippen LogP contribution < -0.4 is 0 Å². The van der Waals surface area contributed by atoms with Crippen LogP contribution in [-0.2, 0) is 12.7 Å².